The minimum absolute atomic E-state index is 0.0386. The van der Waals surface area contributed by atoms with Gasteiger partial charge in [0.1, 0.15) is 25.6 Å². The Bertz CT molecular complexity index is 1450. The van der Waals surface area contributed by atoms with Gasteiger partial charge in [-0.05, 0) is 55.3 Å². The van der Waals surface area contributed by atoms with Crippen LogP contribution in [0.3, 0.4) is 0 Å². The van der Waals surface area contributed by atoms with Crippen LogP contribution in [0.25, 0.3) is 0 Å². The van der Waals surface area contributed by atoms with E-state index in [1.54, 1.807) is 13.8 Å². The second-order valence-corrected chi connectivity index (χ2v) is 17.1. The third-order valence-electron chi connectivity index (χ3n) is 8.25. The first-order valence-corrected chi connectivity index (χ1v) is 22.1. The molecule has 1 aromatic carbocycles. The Kier molecular flexibility index (Phi) is 29.4. The maximum Gasteiger partial charge on any atom is 0.251 e. The first kappa shape index (κ1) is 53.0. The quantitative estimate of drug-likeness (QED) is 0.0377. The Morgan fingerprint density at radius 3 is 1.34 bits per heavy atom. The van der Waals surface area contributed by atoms with Crippen LogP contribution in [-0.2, 0) is 54.6 Å². The van der Waals surface area contributed by atoms with Crippen LogP contribution in [0.1, 0.15) is 62.7 Å². The average Bonchev–Trinajstić information content (AvgIpc) is 3.21. The summed E-state index contributed by atoms with van der Waals surface area (Å²) >= 11 is 5.25. The van der Waals surface area contributed by atoms with Crippen LogP contribution in [0.15, 0.2) is 24.3 Å². The maximum atomic E-state index is 13.9. The highest BCUT2D eigenvalue weighted by atomic mass is 32.5. The van der Waals surface area contributed by atoms with Crippen LogP contribution in [0.2, 0.25) is 0 Å². The molecule has 5 N–H and O–H groups in total. The van der Waals surface area contributed by atoms with Gasteiger partial charge in [0.15, 0.2) is 0 Å². The molecule has 0 fully saturated rings. The lowest BCUT2D eigenvalue weighted by Crippen LogP contribution is -2.50. The van der Waals surface area contributed by atoms with Crippen molar-refractivity contribution >= 4 is 41.9 Å². The van der Waals surface area contributed by atoms with Crippen molar-refractivity contribution < 1.29 is 57.0 Å². The SMILES string of the molecule is C#CCOCCOCCNC(=O)CCC(CCC(=O)NCCOCCOCC#C)(CCC(=O)NCCOCCOCC#C)NC(=O)c1ccc(OP(O)(=S)C(C)C)cc1. The molecule has 18 heteroatoms. The molecule has 328 valence electrons. The van der Waals surface area contributed by atoms with E-state index >= 15 is 0 Å². The summed E-state index contributed by atoms with van der Waals surface area (Å²) < 4.78 is 37.6. The summed E-state index contributed by atoms with van der Waals surface area (Å²) in [6.07, 6.45) is 15.7. The summed E-state index contributed by atoms with van der Waals surface area (Å²) in [6, 6.07) is 6.09. The van der Waals surface area contributed by atoms with Crippen molar-refractivity contribution in [3.05, 3.63) is 29.8 Å². The van der Waals surface area contributed by atoms with Crippen LogP contribution in [-0.4, -0.2) is 139 Å². The molecule has 59 heavy (non-hydrogen) atoms. The predicted molar refractivity (Wildman–Crippen MR) is 227 cm³/mol. The monoisotopic (exact) mass is 864 g/mol. The van der Waals surface area contributed by atoms with Crippen molar-refractivity contribution in [1.29, 1.82) is 0 Å². The highest BCUT2D eigenvalue weighted by Gasteiger charge is 2.34. The fourth-order valence-corrected chi connectivity index (χ4v) is 5.86. The molecule has 0 aromatic heterocycles. The van der Waals surface area contributed by atoms with Gasteiger partial charge in [0.2, 0.25) is 24.2 Å². The Morgan fingerprint density at radius 2 is 1.00 bits per heavy atom. The van der Waals surface area contributed by atoms with Crippen LogP contribution < -0.4 is 25.8 Å². The topological polar surface area (TPSA) is 201 Å². The maximum absolute atomic E-state index is 13.9. The van der Waals surface area contributed by atoms with Crippen LogP contribution in [0.5, 0.6) is 5.75 Å². The Hall–Kier alpha value is -4.05. The number of carbonyl (C=O) groups is 4. The van der Waals surface area contributed by atoms with E-state index in [0.717, 1.165) is 0 Å². The van der Waals surface area contributed by atoms with E-state index in [-0.39, 0.29) is 127 Å². The lowest BCUT2D eigenvalue weighted by Gasteiger charge is -2.35. The molecule has 4 amide bonds. The third kappa shape index (κ3) is 26.6. The van der Waals surface area contributed by atoms with Crippen molar-refractivity contribution in [2.24, 2.45) is 0 Å². The van der Waals surface area contributed by atoms with E-state index in [2.05, 4.69) is 39.0 Å². The van der Waals surface area contributed by atoms with E-state index in [1.165, 1.54) is 24.3 Å². The molecule has 0 spiro atoms. The predicted octanol–water partition coefficient (Wildman–Crippen LogP) is 1.93. The first-order valence-electron chi connectivity index (χ1n) is 19.4. The van der Waals surface area contributed by atoms with Gasteiger partial charge in [-0.1, -0.05) is 31.6 Å². The van der Waals surface area contributed by atoms with Gasteiger partial charge in [-0.3, -0.25) is 19.2 Å². The molecule has 0 aliphatic heterocycles. The number of rotatable bonds is 35. The molecular weight excluding hydrogens is 804 g/mol. The second-order valence-electron chi connectivity index (χ2n) is 13.2. The summed E-state index contributed by atoms with van der Waals surface area (Å²) in [5, 5.41) is 11.5. The number of hydrogen-bond donors (Lipinski definition) is 5. The number of nitrogens with one attached hydrogen (secondary N) is 4. The lowest BCUT2D eigenvalue weighted by molar-refractivity contribution is -0.121. The fourth-order valence-electron chi connectivity index (χ4n) is 4.96. The zero-order valence-electron chi connectivity index (χ0n) is 34.3. The first-order chi connectivity index (χ1) is 28.4. The van der Waals surface area contributed by atoms with E-state index < -0.39 is 17.9 Å². The number of benzene rings is 1. The number of amides is 4. The van der Waals surface area contributed by atoms with Crippen molar-refractivity contribution in [1.82, 2.24) is 21.3 Å². The standard InChI is InChI=1S/C41H61N4O12PS/c1-6-22-51-28-31-54-25-19-42-37(46)13-16-41(17-14-38(47)43-20-26-55-32-29-52-23-7-2,18-15-39(48)44-21-27-56-33-30-53-24-8-3)45-40(49)35-9-11-36(12-10-35)57-58(50,59)34(4)5/h1-3,9-12,34H,13-33H2,4-5H3,(H,42,46)(H,43,47)(H,44,48)(H,45,49)(H,50,59). The molecule has 1 rings (SSSR count). The van der Waals surface area contributed by atoms with Crippen LogP contribution in [0, 0.1) is 37.0 Å². The second kappa shape index (κ2) is 32.8. The van der Waals surface area contributed by atoms with Crippen molar-refractivity contribution in [2.45, 2.75) is 63.6 Å². The highest BCUT2D eigenvalue weighted by Crippen LogP contribution is 2.47. The molecule has 1 unspecified atom stereocenters. The largest absolute Gasteiger partial charge is 0.443 e. The Balaban J connectivity index is 3.14. The summed E-state index contributed by atoms with van der Waals surface area (Å²) in [4.78, 5) is 63.6. The van der Waals surface area contributed by atoms with Gasteiger partial charge in [0, 0.05) is 55.7 Å². The van der Waals surface area contributed by atoms with Gasteiger partial charge >= 0.3 is 0 Å². The molecule has 0 saturated heterocycles. The summed E-state index contributed by atoms with van der Waals surface area (Å²) in [7, 11) is 0. The number of ether oxygens (including phenoxy) is 6. The normalized spacial score (nSPS) is 12.0. The van der Waals surface area contributed by atoms with Crippen molar-refractivity contribution in [2.75, 3.05) is 98.9 Å². The smallest absolute Gasteiger partial charge is 0.251 e. The highest BCUT2D eigenvalue weighted by molar-refractivity contribution is 8.09. The van der Waals surface area contributed by atoms with E-state index in [4.69, 9.17) is 64.0 Å². The van der Waals surface area contributed by atoms with Crippen LogP contribution >= 0.6 is 6.49 Å². The van der Waals surface area contributed by atoms with E-state index in [0.29, 0.717) is 45.4 Å². The summed E-state index contributed by atoms with van der Waals surface area (Å²) in [5.74, 6) is 5.95. The molecule has 0 aliphatic carbocycles. The van der Waals surface area contributed by atoms with E-state index in [1.807, 2.05) is 0 Å². The Labute approximate surface area is 354 Å². The van der Waals surface area contributed by atoms with Gasteiger partial charge in [0.25, 0.3) is 5.91 Å². The summed E-state index contributed by atoms with van der Waals surface area (Å²) in [6.45, 7) is 4.18. The number of carbonyl (C=O) groups excluding carboxylic acids is 4. The molecule has 0 bridgehead atoms. The molecule has 0 radical (unpaired) electrons. The fraction of sp³-hybridized carbons (Fsp3) is 0.610. The molecule has 16 nitrogen and oxygen atoms in total. The van der Waals surface area contributed by atoms with Gasteiger partial charge < -0.3 is 59.1 Å². The lowest BCUT2D eigenvalue weighted by atomic mass is 9.82. The van der Waals surface area contributed by atoms with Crippen LogP contribution in [0.4, 0.5) is 0 Å². The van der Waals surface area contributed by atoms with Gasteiger partial charge in [-0.2, -0.15) is 0 Å². The van der Waals surface area contributed by atoms with Crippen molar-refractivity contribution in [3.63, 3.8) is 0 Å². The van der Waals surface area contributed by atoms with E-state index in [9.17, 15) is 24.1 Å². The van der Waals surface area contributed by atoms with Gasteiger partial charge in [-0.25, -0.2) is 0 Å². The zero-order valence-corrected chi connectivity index (χ0v) is 36.0. The van der Waals surface area contributed by atoms with Gasteiger partial charge in [-0.15, -0.1) is 19.3 Å². The summed E-state index contributed by atoms with van der Waals surface area (Å²) in [5.41, 5.74) is -1.23. The zero-order chi connectivity index (χ0) is 43.6. The third-order valence-corrected chi connectivity index (χ3v) is 11.5. The minimum Gasteiger partial charge on any atom is -0.443 e. The molecular formula is C41H61N4O12PS. The molecule has 0 aliphatic rings. The Morgan fingerprint density at radius 1 is 0.644 bits per heavy atom. The molecule has 1 atom stereocenters. The number of hydrogen-bond acceptors (Lipinski definition) is 12. The minimum atomic E-state index is -3.11. The number of terminal acetylenes is 3. The van der Waals surface area contributed by atoms with Gasteiger partial charge in [0.05, 0.1) is 59.5 Å². The van der Waals surface area contributed by atoms with Crippen molar-refractivity contribution in [3.8, 4) is 42.8 Å². The average molecular weight is 865 g/mol. The molecule has 1 aromatic rings. The molecule has 0 heterocycles. The molecule has 0 saturated carbocycles.